The first-order chi connectivity index (χ1) is 13.0. The molecule has 0 spiro atoms. The second-order valence-corrected chi connectivity index (χ2v) is 6.26. The van der Waals surface area contributed by atoms with Crippen molar-refractivity contribution in [1.29, 1.82) is 0 Å². The van der Waals surface area contributed by atoms with E-state index in [9.17, 15) is 13.6 Å². The second kappa shape index (κ2) is 8.56. The molecule has 0 bridgehead atoms. The Balaban J connectivity index is 1.79. The summed E-state index contributed by atoms with van der Waals surface area (Å²) < 4.78 is 27.1. The lowest BCUT2D eigenvalue weighted by Crippen LogP contribution is -2.40. The maximum absolute atomic E-state index is 13.8. The number of benzene rings is 3. The average molecular weight is 366 g/mol. The Morgan fingerprint density at radius 3 is 1.96 bits per heavy atom. The van der Waals surface area contributed by atoms with Crippen LogP contribution < -0.4 is 10.6 Å². The maximum atomic E-state index is 13.8. The van der Waals surface area contributed by atoms with Crippen LogP contribution >= 0.6 is 0 Å². The van der Waals surface area contributed by atoms with Crippen molar-refractivity contribution < 1.29 is 13.6 Å². The van der Waals surface area contributed by atoms with Gasteiger partial charge in [-0.25, -0.2) is 8.78 Å². The Bertz CT molecular complexity index is 861. The zero-order valence-corrected chi connectivity index (χ0v) is 14.8. The summed E-state index contributed by atoms with van der Waals surface area (Å²) in [5.41, 5.74) is 1.82. The van der Waals surface area contributed by atoms with Gasteiger partial charge in [0, 0.05) is 6.07 Å². The van der Waals surface area contributed by atoms with Crippen molar-refractivity contribution in [3.05, 3.63) is 102 Å². The van der Waals surface area contributed by atoms with Crippen molar-refractivity contribution in [2.75, 3.05) is 5.32 Å². The van der Waals surface area contributed by atoms with Gasteiger partial charge in [0.1, 0.15) is 11.6 Å². The van der Waals surface area contributed by atoms with Gasteiger partial charge in [0.15, 0.2) is 0 Å². The molecule has 0 radical (unpaired) electrons. The quantitative estimate of drug-likeness (QED) is 0.666. The first kappa shape index (κ1) is 18.7. The molecular weight excluding hydrogens is 346 g/mol. The molecule has 0 heterocycles. The Hall–Kier alpha value is -3.05. The molecule has 3 nitrogen and oxygen atoms in total. The molecule has 0 saturated carbocycles. The lowest BCUT2D eigenvalue weighted by Gasteiger charge is -2.24. The van der Waals surface area contributed by atoms with Crippen LogP contribution in [0.25, 0.3) is 0 Å². The van der Waals surface area contributed by atoms with Gasteiger partial charge in [0.25, 0.3) is 0 Å². The van der Waals surface area contributed by atoms with Gasteiger partial charge in [-0.1, -0.05) is 60.7 Å². The summed E-state index contributed by atoms with van der Waals surface area (Å²) in [6.45, 7) is 1.69. The molecule has 0 aliphatic heterocycles. The van der Waals surface area contributed by atoms with Crippen LogP contribution in [-0.2, 0) is 4.79 Å². The van der Waals surface area contributed by atoms with Gasteiger partial charge in [0.2, 0.25) is 5.91 Å². The smallest absolute Gasteiger partial charge is 0.241 e. The first-order valence-corrected chi connectivity index (χ1v) is 8.66. The summed E-state index contributed by atoms with van der Waals surface area (Å²) in [4.78, 5) is 12.5. The van der Waals surface area contributed by atoms with Crippen molar-refractivity contribution in [2.45, 2.75) is 19.0 Å². The summed E-state index contributed by atoms with van der Waals surface area (Å²) in [5.74, 6) is -1.74. The summed E-state index contributed by atoms with van der Waals surface area (Å²) in [5, 5.41) is 5.72. The van der Waals surface area contributed by atoms with Crippen LogP contribution in [0.2, 0.25) is 0 Å². The zero-order valence-electron chi connectivity index (χ0n) is 14.8. The van der Waals surface area contributed by atoms with Crippen LogP contribution in [0.4, 0.5) is 14.5 Å². The van der Waals surface area contributed by atoms with E-state index in [4.69, 9.17) is 0 Å². The van der Waals surface area contributed by atoms with Crippen molar-refractivity contribution in [3.8, 4) is 0 Å². The number of hydrogen-bond donors (Lipinski definition) is 2. The molecule has 138 valence electrons. The molecule has 3 rings (SSSR count). The van der Waals surface area contributed by atoms with Gasteiger partial charge >= 0.3 is 0 Å². The van der Waals surface area contributed by atoms with Gasteiger partial charge in [-0.05, 0) is 30.2 Å². The third-order valence-corrected chi connectivity index (χ3v) is 4.26. The number of halogens is 2. The number of carbonyl (C=O) groups excluding carboxylic acids is 1. The van der Waals surface area contributed by atoms with E-state index in [-0.39, 0.29) is 11.7 Å². The lowest BCUT2D eigenvalue weighted by molar-refractivity contribution is -0.117. The molecule has 3 aromatic rings. The monoisotopic (exact) mass is 366 g/mol. The molecular formula is C22H20F2N2O. The number of nitrogens with one attached hydrogen (secondary N) is 2. The molecule has 0 aliphatic carbocycles. The Kier molecular flexibility index (Phi) is 5.94. The van der Waals surface area contributed by atoms with Crippen LogP contribution in [0, 0.1) is 11.6 Å². The number of carbonyl (C=O) groups is 1. The Labute approximate surface area is 157 Å². The standard InChI is InChI=1S/C22H20F2N2O/c1-15(22(27)26-20-14-18(23)12-13-19(20)24)25-21(16-8-4-2-5-9-16)17-10-6-3-7-11-17/h2-15,21,25H,1H3,(H,26,27). The third-order valence-electron chi connectivity index (χ3n) is 4.26. The fourth-order valence-corrected chi connectivity index (χ4v) is 2.84. The number of rotatable bonds is 6. The fourth-order valence-electron chi connectivity index (χ4n) is 2.84. The molecule has 0 aliphatic rings. The molecule has 27 heavy (non-hydrogen) atoms. The molecule has 5 heteroatoms. The normalized spacial score (nSPS) is 12.0. The van der Waals surface area contributed by atoms with Crippen molar-refractivity contribution in [3.63, 3.8) is 0 Å². The van der Waals surface area contributed by atoms with E-state index in [1.54, 1.807) is 6.92 Å². The largest absolute Gasteiger partial charge is 0.322 e. The molecule has 0 saturated heterocycles. The predicted octanol–water partition coefficient (Wildman–Crippen LogP) is 4.67. The highest BCUT2D eigenvalue weighted by Crippen LogP contribution is 2.23. The lowest BCUT2D eigenvalue weighted by atomic mass is 9.98. The fraction of sp³-hybridized carbons (Fsp3) is 0.136. The predicted molar refractivity (Wildman–Crippen MR) is 102 cm³/mol. The van der Waals surface area contributed by atoms with Crippen molar-refractivity contribution in [1.82, 2.24) is 5.32 Å². The molecule has 1 amide bonds. The highest BCUT2D eigenvalue weighted by molar-refractivity contribution is 5.94. The number of amides is 1. The molecule has 2 N–H and O–H groups in total. The average Bonchev–Trinajstić information content (AvgIpc) is 2.70. The Morgan fingerprint density at radius 2 is 1.41 bits per heavy atom. The highest BCUT2D eigenvalue weighted by atomic mass is 19.1. The van der Waals surface area contributed by atoms with Crippen LogP contribution in [0.15, 0.2) is 78.9 Å². The van der Waals surface area contributed by atoms with E-state index in [1.165, 1.54) is 0 Å². The van der Waals surface area contributed by atoms with Gasteiger partial charge in [0.05, 0.1) is 17.8 Å². The molecule has 1 atom stereocenters. The number of anilines is 1. The Morgan fingerprint density at radius 1 is 0.852 bits per heavy atom. The molecule has 3 aromatic carbocycles. The highest BCUT2D eigenvalue weighted by Gasteiger charge is 2.21. The van der Waals surface area contributed by atoms with Gasteiger partial charge < -0.3 is 5.32 Å². The van der Waals surface area contributed by atoms with Gasteiger partial charge in [-0.3, -0.25) is 10.1 Å². The maximum Gasteiger partial charge on any atom is 0.241 e. The molecule has 0 aromatic heterocycles. The van der Waals surface area contributed by atoms with Gasteiger partial charge in [-0.2, -0.15) is 0 Å². The summed E-state index contributed by atoms with van der Waals surface area (Å²) >= 11 is 0. The van der Waals surface area contributed by atoms with E-state index in [0.29, 0.717) is 0 Å². The summed E-state index contributed by atoms with van der Waals surface area (Å²) in [7, 11) is 0. The van der Waals surface area contributed by atoms with Crippen LogP contribution in [0.1, 0.15) is 24.1 Å². The minimum Gasteiger partial charge on any atom is -0.322 e. The molecule has 0 fully saturated rings. The van der Waals surface area contributed by atoms with E-state index < -0.39 is 23.6 Å². The van der Waals surface area contributed by atoms with E-state index >= 15 is 0 Å². The molecule has 1 unspecified atom stereocenters. The van der Waals surface area contributed by atoms with E-state index in [0.717, 1.165) is 29.3 Å². The third kappa shape index (κ3) is 4.77. The topological polar surface area (TPSA) is 41.1 Å². The number of hydrogen-bond acceptors (Lipinski definition) is 2. The summed E-state index contributed by atoms with van der Waals surface area (Å²) in [6.07, 6.45) is 0. The minimum atomic E-state index is -0.681. The van der Waals surface area contributed by atoms with Crippen molar-refractivity contribution >= 4 is 11.6 Å². The summed E-state index contributed by atoms with van der Waals surface area (Å²) in [6, 6.07) is 21.6. The minimum absolute atomic E-state index is 0.176. The first-order valence-electron chi connectivity index (χ1n) is 8.66. The van der Waals surface area contributed by atoms with E-state index in [1.807, 2.05) is 60.7 Å². The van der Waals surface area contributed by atoms with Gasteiger partial charge in [-0.15, -0.1) is 0 Å². The second-order valence-electron chi connectivity index (χ2n) is 6.26. The SMILES string of the molecule is CC(NC(c1ccccc1)c1ccccc1)C(=O)Nc1cc(F)ccc1F. The van der Waals surface area contributed by atoms with Crippen LogP contribution in [-0.4, -0.2) is 11.9 Å². The van der Waals surface area contributed by atoms with E-state index in [2.05, 4.69) is 10.6 Å². The van der Waals surface area contributed by atoms with Crippen LogP contribution in [0.3, 0.4) is 0 Å². The zero-order chi connectivity index (χ0) is 19.2. The van der Waals surface area contributed by atoms with Crippen molar-refractivity contribution in [2.24, 2.45) is 0 Å². The van der Waals surface area contributed by atoms with Crippen LogP contribution in [0.5, 0.6) is 0 Å².